The molecule has 2 aliphatic heterocycles. The molecule has 0 spiro atoms. The van der Waals surface area contributed by atoms with E-state index in [0.717, 1.165) is 43.8 Å². The molecular weight excluding hydrogens is 529 g/mol. The third-order valence-electron chi connectivity index (χ3n) is 6.74. The fourth-order valence-electron chi connectivity index (χ4n) is 4.94. The quantitative estimate of drug-likeness (QED) is 0.346. The maximum absolute atomic E-state index is 13.0. The van der Waals surface area contributed by atoms with Gasteiger partial charge in [0.05, 0.1) is 28.2 Å². The second kappa shape index (κ2) is 25.4. The topological polar surface area (TPSA) is 49.8 Å². The molecule has 1 saturated carbocycles. The third-order valence-corrected chi connectivity index (χ3v) is 11.2. The van der Waals surface area contributed by atoms with Crippen LogP contribution in [0.3, 0.4) is 0 Å². The zero-order chi connectivity index (χ0) is 30.0. The molecule has 0 bridgehead atoms. The normalized spacial score (nSPS) is 19.1. The molecule has 1 amide bonds. The summed E-state index contributed by atoms with van der Waals surface area (Å²) >= 11 is 1.85. The van der Waals surface area contributed by atoms with Crippen molar-refractivity contribution in [2.75, 3.05) is 25.9 Å². The molecule has 2 atom stereocenters. The van der Waals surface area contributed by atoms with E-state index in [4.69, 9.17) is 4.98 Å². The first-order valence-corrected chi connectivity index (χ1v) is 17.0. The van der Waals surface area contributed by atoms with Crippen LogP contribution in [0, 0.1) is 45.5 Å². The minimum Gasteiger partial charge on any atom is -0.342 e. The molecule has 6 heteroatoms. The predicted octanol–water partition coefficient (Wildman–Crippen LogP) is 6.20. The number of hydrogen-bond donors (Lipinski definition) is 1. The lowest BCUT2D eigenvalue weighted by Crippen LogP contribution is -2.81. The summed E-state index contributed by atoms with van der Waals surface area (Å²) in [4.78, 5) is 19.8. The van der Waals surface area contributed by atoms with E-state index < -0.39 is 0 Å². The molecule has 3 aliphatic rings. The SMILES string of the molecule is C#C.C#C.C#C.C1CCCCC1.CCCc1nc(C)sc1[P@@]1C[NH2+]CC1C(=O)N1CCCCC1.c1ccccc1. The van der Waals surface area contributed by atoms with Gasteiger partial charge in [0.25, 0.3) is 0 Å². The van der Waals surface area contributed by atoms with E-state index in [-0.39, 0.29) is 13.6 Å². The number of hydrogen-bond acceptors (Lipinski definition) is 3. The van der Waals surface area contributed by atoms with Crippen molar-refractivity contribution >= 4 is 29.8 Å². The van der Waals surface area contributed by atoms with Gasteiger partial charge >= 0.3 is 0 Å². The average molecular weight is 581 g/mol. The number of quaternary nitrogens is 1. The fraction of sp³-hybridized carbons (Fsp3) is 0.529. The molecule has 3 heterocycles. The van der Waals surface area contributed by atoms with Crippen LogP contribution in [0.1, 0.15) is 81.8 Å². The first-order valence-electron chi connectivity index (χ1n) is 14.5. The molecule has 0 radical (unpaired) electrons. The molecule has 218 valence electrons. The summed E-state index contributed by atoms with van der Waals surface area (Å²) in [5, 5.41) is 3.51. The Hall–Kier alpha value is -2.61. The van der Waals surface area contributed by atoms with Crippen LogP contribution in [0.5, 0.6) is 0 Å². The standard InChI is InChI=1S/C16H26N3OPS.C6H12.C6H6.3C2H2/c1-3-7-13-16(22-12(2)18-13)21-11-17-10-14(21)15(20)19-8-5-4-6-9-19;2*1-2-4-6-5-3-1;3*1-2/h14,17H,3-11H2,1-2H3;1-6H2;1-6H;3*1-2H/p+1/t14?,21-;;;;;/m0...../s1. The number of piperidine rings is 1. The Morgan fingerprint density at radius 3 is 1.77 bits per heavy atom. The van der Waals surface area contributed by atoms with Crippen molar-refractivity contribution in [1.82, 2.24) is 9.88 Å². The number of aryl methyl sites for hydroxylation is 2. The van der Waals surface area contributed by atoms with Gasteiger partial charge < -0.3 is 10.2 Å². The molecular formula is C34H51N3OPS+. The minimum absolute atomic E-state index is 0.226. The van der Waals surface area contributed by atoms with Crippen molar-refractivity contribution in [2.45, 2.75) is 90.1 Å². The van der Waals surface area contributed by atoms with Crippen molar-refractivity contribution in [3.63, 3.8) is 0 Å². The molecule has 1 unspecified atom stereocenters. The Morgan fingerprint density at radius 1 is 0.875 bits per heavy atom. The van der Waals surface area contributed by atoms with E-state index in [2.05, 4.69) is 62.6 Å². The summed E-state index contributed by atoms with van der Waals surface area (Å²) in [6.45, 7) is 7.24. The molecule has 1 aromatic carbocycles. The Bertz CT molecular complexity index is 891. The predicted molar refractivity (Wildman–Crippen MR) is 177 cm³/mol. The highest BCUT2D eigenvalue weighted by Crippen LogP contribution is 2.44. The molecule has 40 heavy (non-hydrogen) atoms. The van der Waals surface area contributed by atoms with Gasteiger partial charge in [0.1, 0.15) is 5.66 Å². The second-order valence-corrected chi connectivity index (χ2v) is 13.5. The van der Waals surface area contributed by atoms with E-state index in [1.165, 1.54) is 68.1 Å². The maximum atomic E-state index is 13.0. The second-order valence-electron chi connectivity index (χ2n) is 9.59. The molecule has 1 aromatic heterocycles. The van der Waals surface area contributed by atoms with Gasteiger partial charge in [-0.2, -0.15) is 0 Å². The molecule has 4 nitrogen and oxygen atoms in total. The third kappa shape index (κ3) is 14.1. The Balaban J connectivity index is 0.000000688. The summed E-state index contributed by atoms with van der Waals surface area (Å²) in [7, 11) is -0.370. The number of nitrogens with two attached hydrogens (primary N) is 1. The maximum Gasteiger partial charge on any atom is 0.236 e. The van der Waals surface area contributed by atoms with Crippen LogP contribution in [0.2, 0.25) is 0 Å². The molecule has 2 saturated heterocycles. The Morgan fingerprint density at radius 2 is 1.32 bits per heavy atom. The van der Waals surface area contributed by atoms with Gasteiger partial charge in [-0.3, -0.25) is 4.79 Å². The number of aromatic nitrogens is 1. The lowest BCUT2D eigenvalue weighted by Gasteiger charge is -2.29. The summed E-state index contributed by atoms with van der Waals surface area (Å²) in [5.41, 5.74) is 1.51. The van der Waals surface area contributed by atoms with Crippen LogP contribution in [0.4, 0.5) is 0 Å². The van der Waals surface area contributed by atoms with Crippen LogP contribution in [-0.2, 0) is 11.2 Å². The minimum atomic E-state index is -0.370. The van der Waals surface area contributed by atoms with Crippen LogP contribution < -0.4 is 9.94 Å². The number of carbonyl (C=O) groups is 1. The first-order chi connectivity index (χ1) is 19.7. The number of nitrogens with zero attached hydrogens (tertiary/aromatic N) is 2. The highest BCUT2D eigenvalue weighted by molar-refractivity contribution is 7.73. The number of likely N-dealkylation sites (tertiary alicyclic amines) is 1. The number of benzene rings is 1. The Kier molecular flexibility index (Phi) is 23.7. The number of amides is 1. The van der Waals surface area contributed by atoms with E-state index >= 15 is 0 Å². The zero-order valence-corrected chi connectivity index (χ0v) is 26.6. The summed E-state index contributed by atoms with van der Waals surface area (Å²) in [6.07, 6.45) is 39.9. The van der Waals surface area contributed by atoms with Gasteiger partial charge in [0, 0.05) is 21.0 Å². The number of rotatable bonds is 4. The summed E-state index contributed by atoms with van der Waals surface area (Å²) in [6, 6.07) is 12.0. The average Bonchev–Trinajstić information content (AvgIpc) is 3.69. The Labute approximate surface area is 250 Å². The highest BCUT2D eigenvalue weighted by Gasteiger charge is 2.41. The van der Waals surface area contributed by atoms with Gasteiger partial charge in [-0.15, -0.1) is 49.9 Å². The van der Waals surface area contributed by atoms with Crippen LogP contribution in [0.15, 0.2) is 36.4 Å². The highest BCUT2D eigenvalue weighted by atomic mass is 32.1. The van der Waals surface area contributed by atoms with Gasteiger partial charge in [-0.1, -0.05) is 88.3 Å². The van der Waals surface area contributed by atoms with Crippen LogP contribution in [-0.4, -0.2) is 47.4 Å². The zero-order valence-electron chi connectivity index (χ0n) is 24.8. The van der Waals surface area contributed by atoms with Crippen molar-refractivity contribution in [3.8, 4) is 38.5 Å². The van der Waals surface area contributed by atoms with Crippen molar-refractivity contribution < 1.29 is 10.1 Å². The van der Waals surface area contributed by atoms with Crippen LogP contribution >= 0.6 is 19.3 Å². The van der Waals surface area contributed by atoms with Gasteiger partial charge in [0.2, 0.25) is 5.91 Å². The van der Waals surface area contributed by atoms with Crippen molar-refractivity contribution in [2.24, 2.45) is 0 Å². The van der Waals surface area contributed by atoms with E-state index in [9.17, 15) is 4.79 Å². The monoisotopic (exact) mass is 580 g/mol. The molecule has 2 N–H and O–H groups in total. The van der Waals surface area contributed by atoms with Gasteiger partial charge in [0.15, 0.2) is 0 Å². The number of terminal acetylenes is 3. The van der Waals surface area contributed by atoms with Crippen molar-refractivity contribution in [3.05, 3.63) is 47.1 Å². The molecule has 3 fully saturated rings. The van der Waals surface area contributed by atoms with Gasteiger partial charge in [-0.25, -0.2) is 4.98 Å². The summed E-state index contributed by atoms with van der Waals surface area (Å²) in [5.74, 6) is 0.424. The lowest BCUT2D eigenvalue weighted by atomic mass is 10.0. The first kappa shape index (κ1) is 37.4. The lowest BCUT2D eigenvalue weighted by molar-refractivity contribution is -0.628. The number of carbonyl (C=O) groups excluding carboxylic acids is 1. The fourth-order valence-corrected chi connectivity index (χ4v) is 9.57. The van der Waals surface area contributed by atoms with Gasteiger partial charge in [-0.05, 0) is 32.6 Å². The van der Waals surface area contributed by atoms with E-state index in [1.807, 2.05) is 47.7 Å². The smallest absolute Gasteiger partial charge is 0.236 e. The van der Waals surface area contributed by atoms with E-state index in [1.54, 1.807) is 0 Å². The van der Waals surface area contributed by atoms with Crippen molar-refractivity contribution in [1.29, 1.82) is 0 Å². The molecule has 1 aliphatic carbocycles. The van der Waals surface area contributed by atoms with Crippen LogP contribution in [0.25, 0.3) is 0 Å². The van der Waals surface area contributed by atoms with E-state index in [0.29, 0.717) is 5.91 Å². The molecule has 5 rings (SSSR count). The molecule has 2 aromatic rings. The largest absolute Gasteiger partial charge is 0.342 e. The summed E-state index contributed by atoms with van der Waals surface area (Å²) < 4.78 is 1.46. The number of thiazole rings is 1.